The molecule has 0 aliphatic carbocycles. The van der Waals surface area contributed by atoms with Crippen molar-refractivity contribution in [1.29, 1.82) is 0 Å². The topological polar surface area (TPSA) is 40.6 Å². The number of benzene rings is 2. The molecule has 0 saturated carbocycles. The van der Waals surface area contributed by atoms with Gasteiger partial charge in [0, 0.05) is 31.7 Å². The van der Waals surface area contributed by atoms with Crippen LogP contribution in [0.25, 0.3) is 0 Å². The summed E-state index contributed by atoms with van der Waals surface area (Å²) in [5.74, 6) is -0.551. The Morgan fingerprint density at radius 3 is 2.74 bits per heavy atom. The van der Waals surface area contributed by atoms with Gasteiger partial charge in [0.05, 0.1) is 5.92 Å². The number of para-hydroxylation sites is 1. The van der Waals surface area contributed by atoms with Crippen molar-refractivity contribution in [2.75, 3.05) is 24.5 Å². The van der Waals surface area contributed by atoms with Crippen LogP contribution >= 0.6 is 0 Å². The summed E-state index contributed by atoms with van der Waals surface area (Å²) in [6, 6.07) is 14.6. The fourth-order valence-corrected chi connectivity index (χ4v) is 4.09. The van der Waals surface area contributed by atoms with E-state index in [1.807, 2.05) is 23.1 Å². The van der Waals surface area contributed by atoms with E-state index in [2.05, 4.69) is 6.07 Å². The van der Waals surface area contributed by atoms with Crippen molar-refractivity contribution in [2.45, 2.75) is 25.7 Å². The van der Waals surface area contributed by atoms with E-state index in [4.69, 9.17) is 0 Å². The number of fused-ring (bicyclic) bond motifs is 1. The molecule has 2 amide bonds. The fourth-order valence-electron chi connectivity index (χ4n) is 4.09. The molecular weight excluding hydrogens is 343 g/mol. The van der Waals surface area contributed by atoms with Gasteiger partial charge in [-0.25, -0.2) is 4.39 Å². The maximum atomic E-state index is 13.8. The zero-order valence-electron chi connectivity index (χ0n) is 15.2. The van der Waals surface area contributed by atoms with Gasteiger partial charge >= 0.3 is 0 Å². The van der Waals surface area contributed by atoms with Crippen LogP contribution in [-0.2, 0) is 22.4 Å². The number of likely N-dealkylation sites (tertiary alicyclic amines) is 1. The number of hydrogen-bond acceptors (Lipinski definition) is 2. The molecule has 2 aliphatic rings. The lowest BCUT2D eigenvalue weighted by atomic mass is 9.99. The van der Waals surface area contributed by atoms with Gasteiger partial charge in [-0.05, 0) is 42.5 Å². The number of rotatable bonds is 4. The predicted octanol–water partition coefficient (Wildman–Crippen LogP) is 3.20. The predicted molar refractivity (Wildman–Crippen MR) is 102 cm³/mol. The van der Waals surface area contributed by atoms with Crippen LogP contribution < -0.4 is 4.90 Å². The molecule has 0 radical (unpaired) electrons. The van der Waals surface area contributed by atoms with Crippen LogP contribution in [0.15, 0.2) is 48.5 Å². The van der Waals surface area contributed by atoms with Crippen molar-refractivity contribution in [3.05, 3.63) is 65.5 Å². The summed E-state index contributed by atoms with van der Waals surface area (Å²) < 4.78 is 13.8. The van der Waals surface area contributed by atoms with Crippen LogP contribution in [0.1, 0.15) is 24.0 Å². The van der Waals surface area contributed by atoms with E-state index in [9.17, 15) is 14.0 Å². The van der Waals surface area contributed by atoms with Crippen LogP contribution in [0.3, 0.4) is 0 Å². The van der Waals surface area contributed by atoms with Gasteiger partial charge in [0.15, 0.2) is 0 Å². The molecule has 1 atom stereocenters. The summed E-state index contributed by atoms with van der Waals surface area (Å²) in [6.45, 7) is 1.57. The van der Waals surface area contributed by atoms with Crippen molar-refractivity contribution in [3.63, 3.8) is 0 Å². The van der Waals surface area contributed by atoms with Crippen molar-refractivity contribution in [3.8, 4) is 0 Å². The highest BCUT2D eigenvalue weighted by Crippen LogP contribution is 2.30. The van der Waals surface area contributed by atoms with Crippen molar-refractivity contribution in [1.82, 2.24) is 4.90 Å². The van der Waals surface area contributed by atoms with Gasteiger partial charge in [-0.15, -0.1) is 0 Å². The summed E-state index contributed by atoms with van der Waals surface area (Å²) in [7, 11) is 0. The molecule has 27 heavy (non-hydrogen) atoms. The Labute approximate surface area is 158 Å². The van der Waals surface area contributed by atoms with E-state index in [-0.39, 0.29) is 30.0 Å². The second-order valence-electron chi connectivity index (χ2n) is 7.30. The van der Waals surface area contributed by atoms with Gasteiger partial charge in [-0.3, -0.25) is 9.59 Å². The van der Waals surface area contributed by atoms with E-state index in [1.54, 1.807) is 23.1 Å². The Balaban J connectivity index is 1.42. The number of anilines is 1. The third-order valence-corrected chi connectivity index (χ3v) is 5.55. The van der Waals surface area contributed by atoms with E-state index < -0.39 is 0 Å². The van der Waals surface area contributed by atoms with Gasteiger partial charge in [-0.1, -0.05) is 36.4 Å². The van der Waals surface area contributed by atoms with Crippen molar-refractivity contribution in [2.24, 2.45) is 5.92 Å². The lowest BCUT2D eigenvalue weighted by molar-refractivity contribution is -0.128. The first-order valence-corrected chi connectivity index (χ1v) is 9.54. The van der Waals surface area contributed by atoms with Gasteiger partial charge < -0.3 is 9.80 Å². The molecular formula is C22H23FN2O2. The van der Waals surface area contributed by atoms with Crippen LogP contribution in [0, 0.1) is 11.7 Å². The number of aryl methyl sites for hydroxylation is 1. The first kappa shape index (κ1) is 17.7. The monoisotopic (exact) mass is 366 g/mol. The third kappa shape index (κ3) is 3.59. The van der Waals surface area contributed by atoms with Gasteiger partial charge in [0.25, 0.3) is 0 Å². The van der Waals surface area contributed by atoms with E-state index >= 15 is 0 Å². The highest BCUT2D eigenvalue weighted by atomic mass is 19.1. The molecule has 1 fully saturated rings. The highest BCUT2D eigenvalue weighted by Gasteiger charge is 2.37. The lowest BCUT2D eigenvalue weighted by Crippen LogP contribution is -2.40. The van der Waals surface area contributed by atoms with Crippen LogP contribution in [-0.4, -0.2) is 36.3 Å². The summed E-state index contributed by atoms with van der Waals surface area (Å²) in [4.78, 5) is 29.0. The third-order valence-electron chi connectivity index (χ3n) is 5.55. The molecule has 5 heteroatoms. The van der Waals surface area contributed by atoms with Gasteiger partial charge in [0.1, 0.15) is 5.82 Å². The van der Waals surface area contributed by atoms with Crippen LogP contribution in [0.4, 0.5) is 10.1 Å². The summed E-state index contributed by atoms with van der Waals surface area (Å²) in [6.07, 6.45) is 2.64. The summed E-state index contributed by atoms with van der Waals surface area (Å²) >= 11 is 0. The molecule has 2 aromatic carbocycles. The SMILES string of the molecule is O=C1CC(C(=O)N2CCCc3ccccc32)CN1CCc1ccccc1F. The molecule has 2 aliphatic heterocycles. The molecule has 0 bridgehead atoms. The summed E-state index contributed by atoms with van der Waals surface area (Å²) in [5, 5.41) is 0. The lowest BCUT2D eigenvalue weighted by Gasteiger charge is -2.31. The number of carbonyl (C=O) groups is 2. The smallest absolute Gasteiger partial charge is 0.232 e. The average molecular weight is 366 g/mol. The maximum Gasteiger partial charge on any atom is 0.232 e. The molecule has 0 aromatic heterocycles. The largest absolute Gasteiger partial charge is 0.342 e. The highest BCUT2D eigenvalue weighted by molar-refractivity contribution is 5.99. The first-order chi connectivity index (χ1) is 13.1. The molecule has 0 spiro atoms. The fraction of sp³-hybridized carbons (Fsp3) is 0.364. The number of hydrogen-bond donors (Lipinski definition) is 0. The molecule has 140 valence electrons. The molecule has 4 rings (SSSR count). The zero-order valence-corrected chi connectivity index (χ0v) is 15.2. The number of carbonyl (C=O) groups excluding carboxylic acids is 2. The summed E-state index contributed by atoms with van der Waals surface area (Å²) in [5.41, 5.74) is 2.77. The van der Waals surface area contributed by atoms with Gasteiger partial charge in [-0.2, -0.15) is 0 Å². The van der Waals surface area contributed by atoms with Crippen molar-refractivity contribution >= 4 is 17.5 Å². The van der Waals surface area contributed by atoms with E-state index in [0.29, 0.717) is 31.6 Å². The van der Waals surface area contributed by atoms with E-state index in [0.717, 1.165) is 18.5 Å². The molecule has 4 nitrogen and oxygen atoms in total. The minimum atomic E-state index is -0.315. The quantitative estimate of drug-likeness (QED) is 0.834. The van der Waals surface area contributed by atoms with Gasteiger partial charge in [0.2, 0.25) is 11.8 Å². The Morgan fingerprint density at radius 2 is 1.89 bits per heavy atom. The minimum Gasteiger partial charge on any atom is -0.342 e. The Kier molecular flexibility index (Phi) is 4.92. The second kappa shape index (κ2) is 7.51. The van der Waals surface area contributed by atoms with Crippen LogP contribution in [0.2, 0.25) is 0 Å². The minimum absolute atomic E-state index is 0.0185. The number of halogens is 1. The average Bonchev–Trinajstić information content (AvgIpc) is 3.07. The van der Waals surface area contributed by atoms with E-state index in [1.165, 1.54) is 11.6 Å². The number of nitrogens with zero attached hydrogens (tertiary/aromatic N) is 2. The molecule has 1 saturated heterocycles. The molecule has 1 unspecified atom stereocenters. The molecule has 2 aromatic rings. The Hall–Kier alpha value is -2.69. The molecule has 0 N–H and O–H groups in total. The zero-order chi connectivity index (χ0) is 18.8. The molecule has 2 heterocycles. The normalized spacial score (nSPS) is 19.3. The standard InChI is InChI=1S/C22H23FN2O2/c23-19-9-3-1-6-16(19)11-13-24-15-18(14-21(24)26)22(27)25-12-5-8-17-7-2-4-10-20(17)25/h1-4,6-7,9-10,18H,5,8,11-15H2. The van der Waals surface area contributed by atoms with Crippen molar-refractivity contribution < 1.29 is 14.0 Å². The Bertz CT molecular complexity index is 867. The maximum absolute atomic E-state index is 13.8. The number of amides is 2. The first-order valence-electron chi connectivity index (χ1n) is 9.54. The van der Waals surface area contributed by atoms with Crippen LogP contribution in [0.5, 0.6) is 0 Å². The second-order valence-corrected chi connectivity index (χ2v) is 7.30. The Morgan fingerprint density at radius 1 is 1.11 bits per heavy atom.